The normalized spacial score (nSPS) is 15.9. The van der Waals surface area contributed by atoms with Crippen molar-refractivity contribution < 1.29 is 4.79 Å². The number of aromatic nitrogens is 1. The Bertz CT molecular complexity index is 499. The molecule has 0 saturated heterocycles. The van der Waals surface area contributed by atoms with Crippen LogP contribution in [0.3, 0.4) is 0 Å². The van der Waals surface area contributed by atoms with Gasteiger partial charge in [0.25, 0.3) is 5.56 Å². The zero-order valence-electron chi connectivity index (χ0n) is 11.0. The third-order valence-corrected chi connectivity index (χ3v) is 3.66. The van der Waals surface area contributed by atoms with E-state index in [1.807, 2.05) is 19.9 Å². The lowest BCUT2D eigenvalue weighted by molar-refractivity contribution is -0.124. The van der Waals surface area contributed by atoms with E-state index in [-0.39, 0.29) is 17.4 Å². The highest BCUT2D eigenvalue weighted by Gasteiger charge is 2.22. The lowest BCUT2D eigenvalue weighted by atomic mass is 10.1. The molecule has 1 aliphatic carbocycles. The van der Waals surface area contributed by atoms with Crippen LogP contribution in [0.25, 0.3) is 0 Å². The van der Waals surface area contributed by atoms with Gasteiger partial charge in [-0.1, -0.05) is 12.8 Å². The second kappa shape index (κ2) is 5.38. The number of hydrogen-bond acceptors (Lipinski definition) is 2. The van der Waals surface area contributed by atoms with E-state index in [0.717, 1.165) is 36.9 Å². The molecular weight excluding hydrogens is 228 g/mol. The van der Waals surface area contributed by atoms with Crippen LogP contribution in [-0.4, -0.2) is 10.9 Å². The number of nitrogens with one attached hydrogen (secondary N) is 2. The average molecular weight is 248 g/mol. The summed E-state index contributed by atoms with van der Waals surface area (Å²) in [5.74, 6) is 0.238. The molecule has 1 heterocycles. The van der Waals surface area contributed by atoms with Gasteiger partial charge >= 0.3 is 0 Å². The smallest absolute Gasteiger partial charge is 0.253 e. The molecule has 4 nitrogen and oxygen atoms in total. The lowest BCUT2D eigenvalue weighted by Crippen LogP contribution is -2.31. The van der Waals surface area contributed by atoms with Crippen LogP contribution in [-0.2, 0) is 11.3 Å². The fourth-order valence-corrected chi connectivity index (χ4v) is 2.61. The molecule has 0 aromatic carbocycles. The summed E-state index contributed by atoms with van der Waals surface area (Å²) in [6.07, 6.45) is 4.24. The molecule has 0 unspecified atom stereocenters. The van der Waals surface area contributed by atoms with Crippen molar-refractivity contribution in [1.82, 2.24) is 10.3 Å². The molecule has 1 amide bonds. The molecule has 0 aliphatic heterocycles. The number of aryl methyl sites for hydroxylation is 2. The predicted molar refractivity (Wildman–Crippen MR) is 70.3 cm³/mol. The van der Waals surface area contributed by atoms with Gasteiger partial charge in [-0.25, -0.2) is 0 Å². The van der Waals surface area contributed by atoms with Gasteiger partial charge in [0.15, 0.2) is 0 Å². The Morgan fingerprint density at radius 3 is 2.67 bits per heavy atom. The Kier molecular flexibility index (Phi) is 3.84. The first-order chi connectivity index (χ1) is 8.58. The van der Waals surface area contributed by atoms with E-state index >= 15 is 0 Å². The highest BCUT2D eigenvalue weighted by Crippen LogP contribution is 2.24. The second-order valence-corrected chi connectivity index (χ2v) is 5.14. The molecule has 1 aromatic rings. The fourth-order valence-electron chi connectivity index (χ4n) is 2.61. The Morgan fingerprint density at radius 2 is 2.06 bits per heavy atom. The van der Waals surface area contributed by atoms with Crippen molar-refractivity contribution in [3.63, 3.8) is 0 Å². The molecule has 18 heavy (non-hydrogen) atoms. The minimum absolute atomic E-state index is 0.0897. The first-order valence-corrected chi connectivity index (χ1v) is 6.55. The summed E-state index contributed by atoms with van der Waals surface area (Å²) in [7, 11) is 0. The van der Waals surface area contributed by atoms with Gasteiger partial charge < -0.3 is 10.3 Å². The molecule has 1 aliphatic rings. The lowest BCUT2D eigenvalue weighted by Gasteiger charge is -2.11. The highest BCUT2D eigenvalue weighted by molar-refractivity contribution is 5.78. The van der Waals surface area contributed by atoms with Crippen molar-refractivity contribution in [3.05, 3.63) is 33.2 Å². The fraction of sp³-hybridized carbons (Fsp3) is 0.571. The minimum Gasteiger partial charge on any atom is -0.352 e. The van der Waals surface area contributed by atoms with Gasteiger partial charge in [0.05, 0.1) is 0 Å². The number of H-pyrrole nitrogens is 1. The number of rotatable bonds is 3. The number of hydrogen-bond donors (Lipinski definition) is 2. The SMILES string of the molecule is Cc1cc(C)c(CNC(=O)C2CCCC2)c(=O)[nH]1. The van der Waals surface area contributed by atoms with E-state index < -0.39 is 0 Å². The van der Waals surface area contributed by atoms with Gasteiger partial charge in [0.2, 0.25) is 5.91 Å². The average Bonchev–Trinajstić information content (AvgIpc) is 2.80. The largest absolute Gasteiger partial charge is 0.352 e. The molecule has 0 bridgehead atoms. The molecular formula is C14H20N2O2. The van der Waals surface area contributed by atoms with Gasteiger partial charge in [-0.3, -0.25) is 9.59 Å². The molecule has 0 radical (unpaired) electrons. The Labute approximate surface area is 107 Å². The third-order valence-electron chi connectivity index (χ3n) is 3.66. The van der Waals surface area contributed by atoms with E-state index in [4.69, 9.17) is 0 Å². The molecule has 2 rings (SSSR count). The summed E-state index contributed by atoms with van der Waals surface area (Å²) in [6.45, 7) is 4.09. The maximum atomic E-state index is 11.9. The van der Waals surface area contributed by atoms with Crippen molar-refractivity contribution in [2.45, 2.75) is 46.1 Å². The number of aromatic amines is 1. The standard InChI is InChI=1S/C14H20N2O2/c1-9-7-10(2)16-14(18)12(9)8-15-13(17)11-5-3-4-6-11/h7,11H,3-6,8H2,1-2H3,(H,15,17)(H,16,18). The summed E-state index contributed by atoms with van der Waals surface area (Å²) >= 11 is 0. The van der Waals surface area contributed by atoms with Gasteiger partial charge in [-0.05, 0) is 38.3 Å². The van der Waals surface area contributed by atoms with Crippen molar-refractivity contribution >= 4 is 5.91 Å². The van der Waals surface area contributed by atoms with E-state index in [1.165, 1.54) is 0 Å². The van der Waals surface area contributed by atoms with Crippen molar-refractivity contribution in [3.8, 4) is 0 Å². The van der Waals surface area contributed by atoms with Crippen LogP contribution in [0.2, 0.25) is 0 Å². The monoisotopic (exact) mass is 248 g/mol. The summed E-state index contributed by atoms with van der Waals surface area (Å²) in [5, 5.41) is 2.88. The summed E-state index contributed by atoms with van der Waals surface area (Å²) < 4.78 is 0. The van der Waals surface area contributed by atoms with Gasteiger partial charge in [-0.2, -0.15) is 0 Å². The molecule has 1 aromatic heterocycles. The summed E-state index contributed by atoms with van der Waals surface area (Å²) in [4.78, 5) is 26.4. The first-order valence-electron chi connectivity index (χ1n) is 6.55. The van der Waals surface area contributed by atoms with Crippen LogP contribution in [0, 0.1) is 19.8 Å². The maximum Gasteiger partial charge on any atom is 0.253 e. The molecule has 4 heteroatoms. The van der Waals surface area contributed by atoms with Crippen LogP contribution in [0.1, 0.15) is 42.5 Å². The quantitative estimate of drug-likeness (QED) is 0.856. The van der Waals surface area contributed by atoms with E-state index in [9.17, 15) is 9.59 Å². The zero-order chi connectivity index (χ0) is 13.1. The van der Waals surface area contributed by atoms with Crippen LogP contribution < -0.4 is 10.9 Å². The van der Waals surface area contributed by atoms with Crippen LogP contribution >= 0.6 is 0 Å². The minimum atomic E-state index is -0.0979. The van der Waals surface area contributed by atoms with Gasteiger partial charge in [-0.15, -0.1) is 0 Å². The number of carbonyl (C=O) groups excluding carboxylic acids is 1. The maximum absolute atomic E-state index is 11.9. The molecule has 1 saturated carbocycles. The van der Waals surface area contributed by atoms with Crippen LogP contribution in [0.4, 0.5) is 0 Å². The molecule has 1 fully saturated rings. The predicted octanol–water partition coefficient (Wildman–Crippen LogP) is 1.80. The van der Waals surface area contributed by atoms with Gasteiger partial charge in [0, 0.05) is 23.7 Å². The van der Waals surface area contributed by atoms with E-state index in [0.29, 0.717) is 12.1 Å². The Morgan fingerprint density at radius 1 is 1.39 bits per heavy atom. The van der Waals surface area contributed by atoms with Crippen LogP contribution in [0.15, 0.2) is 10.9 Å². The summed E-state index contributed by atoms with van der Waals surface area (Å²) in [6, 6.07) is 1.93. The van der Waals surface area contributed by atoms with Gasteiger partial charge in [0.1, 0.15) is 0 Å². The Hall–Kier alpha value is -1.58. The summed E-state index contributed by atoms with van der Waals surface area (Å²) in [5.41, 5.74) is 2.34. The van der Waals surface area contributed by atoms with E-state index in [2.05, 4.69) is 10.3 Å². The third kappa shape index (κ3) is 2.81. The Balaban J connectivity index is 2.02. The first kappa shape index (κ1) is 12.9. The van der Waals surface area contributed by atoms with Crippen molar-refractivity contribution in [1.29, 1.82) is 0 Å². The van der Waals surface area contributed by atoms with E-state index in [1.54, 1.807) is 0 Å². The number of carbonyl (C=O) groups is 1. The van der Waals surface area contributed by atoms with Crippen molar-refractivity contribution in [2.24, 2.45) is 5.92 Å². The molecule has 98 valence electrons. The highest BCUT2D eigenvalue weighted by atomic mass is 16.2. The second-order valence-electron chi connectivity index (χ2n) is 5.14. The van der Waals surface area contributed by atoms with Crippen molar-refractivity contribution in [2.75, 3.05) is 0 Å². The topological polar surface area (TPSA) is 62.0 Å². The molecule has 2 N–H and O–H groups in total. The zero-order valence-corrected chi connectivity index (χ0v) is 11.0. The number of amides is 1. The molecule has 0 spiro atoms. The van der Waals surface area contributed by atoms with Crippen LogP contribution in [0.5, 0.6) is 0 Å². The number of pyridine rings is 1. The molecule has 0 atom stereocenters.